The molecule has 0 aliphatic heterocycles. The number of aryl methyl sites for hydroxylation is 1. The maximum atomic E-state index is 6.00. The quantitative estimate of drug-likeness (QED) is 0.836. The van der Waals surface area contributed by atoms with Crippen LogP contribution in [0.15, 0.2) is 36.4 Å². The molecule has 0 aliphatic rings. The lowest BCUT2D eigenvalue weighted by molar-refractivity contribution is 0.743. The number of nitrogen functional groups attached to an aromatic ring is 1. The Bertz CT molecular complexity index is 522. The van der Waals surface area contributed by atoms with E-state index < -0.39 is 0 Å². The Morgan fingerprint density at radius 2 is 1.89 bits per heavy atom. The summed E-state index contributed by atoms with van der Waals surface area (Å²) in [4.78, 5) is 2.21. The van der Waals surface area contributed by atoms with Crippen LogP contribution >= 0.6 is 0 Å². The summed E-state index contributed by atoms with van der Waals surface area (Å²) in [7, 11) is 0. The monoisotopic (exact) mass is 256 g/mol. The van der Waals surface area contributed by atoms with Gasteiger partial charge in [0.1, 0.15) is 0 Å². The fraction of sp³-hybridized carbons (Fsp3) is 0.333. The summed E-state index contributed by atoms with van der Waals surface area (Å²) in [6.45, 7) is 5.80. The van der Waals surface area contributed by atoms with E-state index in [1.54, 1.807) is 0 Å². The third-order valence-corrected chi connectivity index (χ3v) is 3.02. The van der Waals surface area contributed by atoms with Crippen molar-refractivity contribution in [3.8, 4) is 0 Å². The van der Waals surface area contributed by atoms with Gasteiger partial charge >= 0.3 is 0 Å². The van der Waals surface area contributed by atoms with Gasteiger partial charge in [0, 0.05) is 18.8 Å². The van der Waals surface area contributed by atoms with Gasteiger partial charge in [-0.3, -0.25) is 0 Å². The van der Waals surface area contributed by atoms with Crippen LogP contribution in [0.4, 0.5) is 11.5 Å². The van der Waals surface area contributed by atoms with Crippen molar-refractivity contribution in [2.75, 3.05) is 17.2 Å². The number of nitrogens with two attached hydrogens (primary N) is 1. The van der Waals surface area contributed by atoms with E-state index in [9.17, 15) is 0 Å². The Morgan fingerprint density at radius 3 is 2.53 bits per heavy atom. The Hall–Kier alpha value is -2.10. The summed E-state index contributed by atoms with van der Waals surface area (Å²) in [6, 6.07) is 11.9. The lowest BCUT2D eigenvalue weighted by atomic mass is 10.1. The van der Waals surface area contributed by atoms with Crippen molar-refractivity contribution in [1.82, 2.24) is 10.2 Å². The Labute approximate surface area is 114 Å². The molecule has 2 aromatic rings. The predicted octanol–water partition coefficient (Wildman–Crippen LogP) is 2.78. The van der Waals surface area contributed by atoms with Gasteiger partial charge in [-0.1, -0.05) is 25.1 Å². The van der Waals surface area contributed by atoms with Crippen LogP contribution < -0.4 is 10.6 Å². The molecule has 0 radical (unpaired) electrons. The molecule has 100 valence electrons. The van der Waals surface area contributed by atoms with Crippen LogP contribution in [0.25, 0.3) is 0 Å². The second-order valence-electron chi connectivity index (χ2n) is 4.65. The molecule has 0 unspecified atom stereocenters. The number of aromatic nitrogens is 2. The molecule has 4 nitrogen and oxygen atoms in total. The van der Waals surface area contributed by atoms with E-state index in [-0.39, 0.29) is 0 Å². The maximum absolute atomic E-state index is 6.00. The summed E-state index contributed by atoms with van der Waals surface area (Å²) in [6.07, 6.45) is 1.06. The van der Waals surface area contributed by atoms with Gasteiger partial charge in [0.25, 0.3) is 0 Å². The number of anilines is 2. The fourth-order valence-corrected chi connectivity index (χ4v) is 1.99. The standard InChI is InChI=1S/C15H20N4/c1-3-10-19(15-9-8-12(2)17-18-15)11-13-6-4-5-7-14(13)16/h4-9H,3,10-11,16H2,1-2H3. The average Bonchev–Trinajstić information content (AvgIpc) is 2.42. The van der Waals surface area contributed by atoms with Crippen molar-refractivity contribution in [2.45, 2.75) is 26.8 Å². The van der Waals surface area contributed by atoms with E-state index in [0.717, 1.165) is 42.3 Å². The second-order valence-corrected chi connectivity index (χ2v) is 4.65. The summed E-state index contributed by atoms with van der Waals surface area (Å²) < 4.78 is 0. The third kappa shape index (κ3) is 3.44. The zero-order valence-electron chi connectivity index (χ0n) is 11.5. The van der Waals surface area contributed by atoms with Crippen LogP contribution in [-0.4, -0.2) is 16.7 Å². The molecule has 0 saturated carbocycles. The molecular formula is C15H20N4. The summed E-state index contributed by atoms with van der Waals surface area (Å²) in [5.41, 5.74) is 8.88. The van der Waals surface area contributed by atoms with E-state index in [0.29, 0.717) is 0 Å². The highest BCUT2D eigenvalue weighted by atomic mass is 15.3. The van der Waals surface area contributed by atoms with E-state index in [2.05, 4.69) is 28.1 Å². The first-order valence-corrected chi connectivity index (χ1v) is 6.59. The average molecular weight is 256 g/mol. The fourth-order valence-electron chi connectivity index (χ4n) is 1.99. The molecule has 0 aliphatic carbocycles. The molecule has 1 aromatic carbocycles. The molecule has 1 aromatic heterocycles. The molecule has 0 saturated heterocycles. The van der Waals surface area contributed by atoms with Gasteiger partial charge in [-0.2, -0.15) is 5.10 Å². The Morgan fingerprint density at radius 1 is 1.11 bits per heavy atom. The van der Waals surface area contributed by atoms with Crippen LogP contribution in [0.3, 0.4) is 0 Å². The van der Waals surface area contributed by atoms with Crippen LogP contribution in [0, 0.1) is 6.92 Å². The van der Waals surface area contributed by atoms with Gasteiger partial charge in [-0.05, 0) is 37.1 Å². The minimum absolute atomic E-state index is 0.762. The van der Waals surface area contributed by atoms with Crippen molar-refractivity contribution in [2.24, 2.45) is 0 Å². The van der Waals surface area contributed by atoms with E-state index in [1.807, 2.05) is 37.3 Å². The smallest absolute Gasteiger partial charge is 0.151 e. The van der Waals surface area contributed by atoms with Gasteiger partial charge in [0.2, 0.25) is 0 Å². The first kappa shape index (κ1) is 13.3. The van der Waals surface area contributed by atoms with Crippen molar-refractivity contribution >= 4 is 11.5 Å². The van der Waals surface area contributed by atoms with Gasteiger partial charge < -0.3 is 10.6 Å². The van der Waals surface area contributed by atoms with Crippen molar-refractivity contribution in [3.63, 3.8) is 0 Å². The molecule has 0 spiro atoms. The lowest BCUT2D eigenvalue weighted by Gasteiger charge is -2.23. The molecule has 4 heteroatoms. The minimum atomic E-state index is 0.762. The number of para-hydroxylation sites is 1. The minimum Gasteiger partial charge on any atom is -0.398 e. The molecule has 0 amide bonds. The van der Waals surface area contributed by atoms with E-state index in [1.165, 1.54) is 0 Å². The molecule has 0 atom stereocenters. The van der Waals surface area contributed by atoms with Gasteiger partial charge in [-0.25, -0.2) is 0 Å². The number of hydrogen-bond donors (Lipinski definition) is 1. The number of hydrogen-bond acceptors (Lipinski definition) is 4. The normalized spacial score (nSPS) is 10.4. The summed E-state index contributed by atoms with van der Waals surface area (Å²) in [5.74, 6) is 0.899. The van der Waals surface area contributed by atoms with Crippen LogP contribution in [-0.2, 0) is 6.54 Å². The Balaban J connectivity index is 2.21. The molecular weight excluding hydrogens is 236 g/mol. The number of rotatable bonds is 5. The van der Waals surface area contributed by atoms with Crippen molar-refractivity contribution in [3.05, 3.63) is 47.7 Å². The highest BCUT2D eigenvalue weighted by Crippen LogP contribution is 2.18. The van der Waals surface area contributed by atoms with E-state index in [4.69, 9.17) is 5.73 Å². The molecule has 2 N–H and O–H groups in total. The molecule has 0 bridgehead atoms. The first-order chi connectivity index (χ1) is 9.20. The SMILES string of the molecule is CCCN(Cc1ccccc1N)c1ccc(C)nn1. The van der Waals surface area contributed by atoms with Gasteiger partial charge in [0.15, 0.2) is 5.82 Å². The van der Waals surface area contributed by atoms with Gasteiger partial charge in [0.05, 0.1) is 5.69 Å². The zero-order valence-corrected chi connectivity index (χ0v) is 11.5. The third-order valence-electron chi connectivity index (χ3n) is 3.02. The lowest BCUT2D eigenvalue weighted by Crippen LogP contribution is -2.25. The highest BCUT2D eigenvalue weighted by molar-refractivity contribution is 5.49. The largest absolute Gasteiger partial charge is 0.398 e. The molecule has 1 heterocycles. The van der Waals surface area contributed by atoms with Crippen LogP contribution in [0.2, 0.25) is 0 Å². The topological polar surface area (TPSA) is 55.0 Å². The van der Waals surface area contributed by atoms with Crippen LogP contribution in [0.5, 0.6) is 0 Å². The molecule has 19 heavy (non-hydrogen) atoms. The number of nitrogens with zero attached hydrogens (tertiary/aromatic N) is 3. The highest BCUT2D eigenvalue weighted by Gasteiger charge is 2.09. The predicted molar refractivity (Wildman–Crippen MR) is 79.0 cm³/mol. The van der Waals surface area contributed by atoms with Crippen molar-refractivity contribution in [1.29, 1.82) is 0 Å². The van der Waals surface area contributed by atoms with E-state index >= 15 is 0 Å². The summed E-state index contributed by atoms with van der Waals surface area (Å²) >= 11 is 0. The molecule has 0 fully saturated rings. The second kappa shape index (κ2) is 6.18. The Kier molecular flexibility index (Phi) is 4.34. The maximum Gasteiger partial charge on any atom is 0.151 e. The zero-order chi connectivity index (χ0) is 13.7. The summed E-state index contributed by atoms with van der Waals surface area (Å²) in [5, 5.41) is 8.38. The van der Waals surface area contributed by atoms with Gasteiger partial charge in [-0.15, -0.1) is 5.10 Å². The first-order valence-electron chi connectivity index (χ1n) is 6.59. The van der Waals surface area contributed by atoms with Crippen LogP contribution in [0.1, 0.15) is 24.6 Å². The van der Waals surface area contributed by atoms with Crippen molar-refractivity contribution < 1.29 is 0 Å². The molecule has 2 rings (SSSR count). The number of benzene rings is 1.